The minimum Gasteiger partial charge on any atom is -0.310 e. The number of anilines is 3. The van der Waals surface area contributed by atoms with Gasteiger partial charge in [-0.1, -0.05) is 177 Å². The van der Waals surface area contributed by atoms with E-state index in [1.165, 1.54) is 94.6 Å². The first-order valence-electron chi connectivity index (χ1n) is 21.5. The molecule has 1 spiro atoms. The Labute approximate surface area is 359 Å². The van der Waals surface area contributed by atoms with Gasteiger partial charge in [0, 0.05) is 28.9 Å². The van der Waals surface area contributed by atoms with Gasteiger partial charge < -0.3 is 4.90 Å². The standard InChI is InChI=1S/C60H43N/c1-39-25-35-51-48-17-8-5-9-23-54(48)60(57(51)37-39)55-24-13-11-19-49(55)52-21-14-20-46(58(52)60)42-28-32-44(33-29-42)61(43-30-26-41(27-31-43)40-15-6-4-7-16-40)45-34-36-50-47-18-10-12-22-53(47)59(2,3)56(50)38-45/h4,6-8,10-22,24-38H,23H2,1-3H3. The fraction of sp³-hybridized carbons (Fsp3) is 0.100. The Morgan fingerprint density at radius 1 is 0.459 bits per heavy atom. The van der Waals surface area contributed by atoms with Crippen LogP contribution in [0.4, 0.5) is 17.1 Å². The number of rotatable bonds is 5. The average molecular weight is 778 g/mol. The van der Waals surface area contributed by atoms with E-state index >= 15 is 0 Å². The summed E-state index contributed by atoms with van der Waals surface area (Å²) >= 11 is 0. The van der Waals surface area contributed by atoms with E-state index in [0.29, 0.717) is 0 Å². The van der Waals surface area contributed by atoms with Crippen LogP contribution in [0.25, 0.3) is 50.1 Å². The molecule has 12 rings (SSSR count). The van der Waals surface area contributed by atoms with E-state index < -0.39 is 5.41 Å². The van der Waals surface area contributed by atoms with Crippen molar-refractivity contribution in [3.05, 3.63) is 239 Å². The maximum Gasteiger partial charge on any atom is 0.0703 e. The van der Waals surface area contributed by atoms with Gasteiger partial charge in [0.2, 0.25) is 0 Å². The second-order valence-corrected chi connectivity index (χ2v) is 17.5. The van der Waals surface area contributed by atoms with Crippen molar-refractivity contribution in [1.82, 2.24) is 0 Å². The first kappa shape index (κ1) is 35.5. The summed E-state index contributed by atoms with van der Waals surface area (Å²) in [5, 5.41) is 0. The highest BCUT2D eigenvalue weighted by Gasteiger charge is 2.53. The third kappa shape index (κ3) is 5.09. The first-order valence-corrected chi connectivity index (χ1v) is 21.5. The van der Waals surface area contributed by atoms with E-state index in [2.05, 4.69) is 226 Å². The quantitative estimate of drug-likeness (QED) is 0.157. The molecule has 0 fully saturated rings. The summed E-state index contributed by atoms with van der Waals surface area (Å²) in [6.07, 6.45) is 5.02. The van der Waals surface area contributed by atoms with E-state index in [9.17, 15) is 0 Å². The van der Waals surface area contributed by atoms with Crippen molar-refractivity contribution < 1.29 is 0 Å². The fourth-order valence-electron chi connectivity index (χ4n) is 11.2. The zero-order chi connectivity index (χ0) is 40.9. The summed E-state index contributed by atoms with van der Waals surface area (Å²) in [6, 6.07) is 68.0. The number of aryl methyl sites for hydroxylation is 1. The maximum absolute atomic E-state index is 3.53. The van der Waals surface area contributed by atoms with E-state index in [4.69, 9.17) is 0 Å². The van der Waals surface area contributed by atoms with Crippen LogP contribution in [0.1, 0.15) is 59.2 Å². The predicted octanol–water partition coefficient (Wildman–Crippen LogP) is 15.2. The Kier molecular flexibility index (Phi) is 7.75. The Balaban J connectivity index is 1.02. The normalized spacial score (nSPS) is 16.8. The van der Waals surface area contributed by atoms with Gasteiger partial charge in [0.1, 0.15) is 0 Å². The zero-order valence-electron chi connectivity index (χ0n) is 34.6. The van der Waals surface area contributed by atoms with Gasteiger partial charge in [-0.2, -0.15) is 0 Å². The lowest BCUT2D eigenvalue weighted by Gasteiger charge is -2.34. The van der Waals surface area contributed by atoms with Gasteiger partial charge in [-0.3, -0.25) is 0 Å². The van der Waals surface area contributed by atoms with Gasteiger partial charge in [-0.15, -0.1) is 0 Å². The van der Waals surface area contributed by atoms with E-state index in [1.54, 1.807) is 0 Å². The summed E-state index contributed by atoms with van der Waals surface area (Å²) < 4.78 is 0. The molecule has 0 saturated heterocycles. The molecule has 8 aromatic rings. The molecule has 4 aliphatic carbocycles. The molecule has 0 bridgehead atoms. The van der Waals surface area contributed by atoms with Gasteiger partial charge in [0.05, 0.1) is 5.41 Å². The molecule has 0 aliphatic heterocycles. The summed E-state index contributed by atoms with van der Waals surface area (Å²) in [5.74, 6) is 6.85. The molecule has 0 saturated carbocycles. The Morgan fingerprint density at radius 3 is 1.82 bits per heavy atom. The third-order valence-corrected chi connectivity index (χ3v) is 13.9. The van der Waals surface area contributed by atoms with E-state index in [1.807, 2.05) is 6.08 Å². The SMILES string of the molecule is Cc1ccc2c(c1)C1(C3=C2C=CC#CC3)c2ccccc2-c2cccc(-c3ccc(N(c4ccc(-c5ccccc5)cc4)c4ccc5c(c4)C(C)(C)c4ccccc4-5)cc3)c21. The number of hydrogen-bond donors (Lipinski definition) is 0. The van der Waals surface area contributed by atoms with Crippen molar-refractivity contribution in [2.24, 2.45) is 0 Å². The van der Waals surface area contributed by atoms with Gasteiger partial charge in [-0.25, -0.2) is 0 Å². The first-order chi connectivity index (χ1) is 29.9. The molecule has 1 heteroatoms. The van der Waals surface area contributed by atoms with Crippen LogP contribution in [-0.4, -0.2) is 0 Å². The highest BCUT2D eigenvalue weighted by molar-refractivity contribution is 6.00. The van der Waals surface area contributed by atoms with Crippen LogP contribution in [-0.2, 0) is 10.8 Å². The maximum atomic E-state index is 3.53. The zero-order valence-corrected chi connectivity index (χ0v) is 34.6. The van der Waals surface area contributed by atoms with Gasteiger partial charge in [-0.05, 0) is 145 Å². The number of hydrogen-bond acceptors (Lipinski definition) is 1. The molecule has 288 valence electrons. The summed E-state index contributed by atoms with van der Waals surface area (Å²) in [7, 11) is 0. The van der Waals surface area contributed by atoms with Crippen molar-refractivity contribution >= 4 is 22.6 Å². The van der Waals surface area contributed by atoms with Crippen LogP contribution in [0, 0.1) is 18.8 Å². The van der Waals surface area contributed by atoms with Gasteiger partial charge >= 0.3 is 0 Å². The topological polar surface area (TPSA) is 3.24 Å². The molecule has 61 heavy (non-hydrogen) atoms. The molecule has 0 amide bonds. The molecule has 4 aliphatic rings. The second kappa shape index (κ2) is 13.3. The van der Waals surface area contributed by atoms with Crippen molar-refractivity contribution in [2.75, 3.05) is 4.90 Å². The molecule has 1 unspecified atom stereocenters. The minimum atomic E-state index is -0.442. The Morgan fingerprint density at radius 2 is 1.05 bits per heavy atom. The summed E-state index contributed by atoms with van der Waals surface area (Å²) in [5.41, 5.74) is 25.1. The number of fused-ring (bicyclic) bond motifs is 12. The lowest BCUT2D eigenvalue weighted by molar-refractivity contribution is 0.660. The molecule has 8 aromatic carbocycles. The average Bonchev–Trinajstić information content (AvgIpc) is 3.73. The molecular formula is C60H43N. The molecule has 1 nitrogen and oxygen atoms in total. The predicted molar refractivity (Wildman–Crippen MR) is 255 cm³/mol. The lowest BCUT2D eigenvalue weighted by atomic mass is 9.67. The molecular weight excluding hydrogens is 735 g/mol. The largest absolute Gasteiger partial charge is 0.310 e. The number of benzene rings is 8. The van der Waals surface area contributed by atoms with Crippen molar-refractivity contribution in [3.63, 3.8) is 0 Å². The minimum absolute atomic E-state index is 0.110. The molecule has 1 atom stereocenters. The van der Waals surface area contributed by atoms with Crippen LogP contribution in [0.15, 0.2) is 200 Å². The van der Waals surface area contributed by atoms with Crippen molar-refractivity contribution in [3.8, 4) is 56.3 Å². The van der Waals surface area contributed by atoms with Crippen LogP contribution < -0.4 is 4.90 Å². The highest BCUT2D eigenvalue weighted by atomic mass is 15.1. The lowest BCUT2D eigenvalue weighted by Crippen LogP contribution is -2.28. The molecule has 0 aromatic heterocycles. The smallest absolute Gasteiger partial charge is 0.0703 e. The molecule has 0 N–H and O–H groups in total. The monoisotopic (exact) mass is 777 g/mol. The molecule has 0 heterocycles. The number of nitrogens with zero attached hydrogens (tertiary/aromatic N) is 1. The van der Waals surface area contributed by atoms with E-state index in [0.717, 1.165) is 23.5 Å². The van der Waals surface area contributed by atoms with Gasteiger partial charge in [0.25, 0.3) is 0 Å². The Bertz CT molecular complexity index is 3240. The Hall–Kier alpha value is -7.40. The van der Waals surface area contributed by atoms with Gasteiger partial charge in [0.15, 0.2) is 0 Å². The van der Waals surface area contributed by atoms with E-state index in [-0.39, 0.29) is 5.41 Å². The fourth-order valence-corrected chi connectivity index (χ4v) is 11.2. The van der Waals surface area contributed by atoms with Crippen LogP contribution in [0.3, 0.4) is 0 Å². The summed E-state index contributed by atoms with van der Waals surface area (Å²) in [6.45, 7) is 6.94. The third-order valence-electron chi connectivity index (χ3n) is 13.9. The van der Waals surface area contributed by atoms with Crippen molar-refractivity contribution in [1.29, 1.82) is 0 Å². The second-order valence-electron chi connectivity index (χ2n) is 17.5. The summed E-state index contributed by atoms with van der Waals surface area (Å²) in [4.78, 5) is 2.42. The number of allylic oxidation sites excluding steroid dienone is 4. The highest BCUT2D eigenvalue weighted by Crippen LogP contribution is 2.64. The van der Waals surface area contributed by atoms with Crippen LogP contribution in [0.5, 0.6) is 0 Å². The molecule has 0 radical (unpaired) electrons. The van der Waals surface area contributed by atoms with Crippen LogP contribution in [0.2, 0.25) is 0 Å². The van der Waals surface area contributed by atoms with Crippen molar-refractivity contribution in [2.45, 2.75) is 38.0 Å². The van der Waals surface area contributed by atoms with Crippen LogP contribution >= 0.6 is 0 Å².